The van der Waals surface area contributed by atoms with Crippen LogP contribution in [0.15, 0.2) is 42.5 Å². The lowest BCUT2D eigenvalue weighted by molar-refractivity contribution is 0.0530. The number of anilines is 1. The summed E-state index contributed by atoms with van der Waals surface area (Å²) >= 11 is 1.33. The predicted octanol–water partition coefficient (Wildman–Crippen LogP) is 5.18. The van der Waals surface area contributed by atoms with Crippen molar-refractivity contribution in [1.29, 1.82) is 0 Å². The van der Waals surface area contributed by atoms with Crippen molar-refractivity contribution in [3.05, 3.63) is 59.2 Å². The molecule has 0 saturated carbocycles. The highest BCUT2D eigenvalue weighted by molar-refractivity contribution is 7.24. The van der Waals surface area contributed by atoms with Crippen molar-refractivity contribution in [2.75, 3.05) is 32.1 Å². The highest BCUT2D eigenvalue weighted by Gasteiger charge is 2.25. The van der Waals surface area contributed by atoms with Crippen LogP contribution in [0.1, 0.15) is 47.1 Å². The first kappa shape index (κ1) is 22.8. The third kappa shape index (κ3) is 4.89. The van der Waals surface area contributed by atoms with Gasteiger partial charge in [0, 0.05) is 23.1 Å². The number of esters is 1. The van der Waals surface area contributed by atoms with Gasteiger partial charge in [0.05, 0.1) is 18.4 Å². The molecule has 3 rings (SSSR count). The third-order valence-corrected chi connectivity index (χ3v) is 6.25. The van der Waals surface area contributed by atoms with Crippen molar-refractivity contribution in [2.24, 2.45) is 0 Å². The zero-order valence-corrected chi connectivity index (χ0v) is 19.2. The number of carbonyl (C=O) groups excluding carboxylic acids is 2. The molecule has 31 heavy (non-hydrogen) atoms. The molecule has 1 aromatic heterocycles. The quantitative estimate of drug-likeness (QED) is 0.464. The number of ether oxygens (including phenoxy) is 2. The molecule has 164 valence electrons. The summed E-state index contributed by atoms with van der Waals surface area (Å²) in [5.74, 6) is -0.0177. The van der Waals surface area contributed by atoms with Crippen LogP contribution < -0.4 is 10.1 Å². The number of nitrogens with one attached hydrogen (secondary N) is 1. The monoisotopic (exact) mass is 440 g/mol. The molecule has 6 nitrogen and oxygen atoms in total. The number of hydrogen-bond donors (Lipinski definition) is 1. The Hall–Kier alpha value is -2.90. The highest BCUT2D eigenvalue weighted by Crippen LogP contribution is 2.43. The first-order valence-corrected chi connectivity index (χ1v) is 11.2. The molecule has 1 heterocycles. The number of fused-ring (bicyclic) bond motifs is 1. The Labute approximate surface area is 186 Å². The number of hydrogen-bond acceptors (Lipinski definition) is 6. The first-order valence-electron chi connectivity index (χ1n) is 10.4. The second-order valence-corrected chi connectivity index (χ2v) is 7.96. The molecule has 0 bridgehead atoms. The van der Waals surface area contributed by atoms with E-state index in [0.717, 1.165) is 35.6 Å². The maximum absolute atomic E-state index is 12.8. The standard InChI is InChI=1S/C24H28N2O4S/c1-5-26(6-2)15-17-13-14-18-19(24(28)30-7-3)23(31-21(18)20(17)29-4)25-22(27)16-11-9-8-10-12-16/h8-14H,5-7,15H2,1-4H3,(H,25,27). The van der Waals surface area contributed by atoms with Crippen LogP contribution in [0.3, 0.4) is 0 Å². The maximum atomic E-state index is 12.8. The van der Waals surface area contributed by atoms with Gasteiger partial charge < -0.3 is 14.8 Å². The molecular formula is C24H28N2O4S. The molecule has 0 aliphatic rings. The van der Waals surface area contributed by atoms with E-state index >= 15 is 0 Å². The fraction of sp³-hybridized carbons (Fsp3) is 0.333. The second kappa shape index (κ2) is 10.4. The number of carbonyl (C=O) groups is 2. The van der Waals surface area contributed by atoms with E-state index in [-0.39, 0.29) is 12.5 Å². The Kier molecular flexibility index (Phi) is 7.65. The van der Waals surface area contributed by atoms with Crippen LogP contribution in [0.4, 0.5) is 5.00 Å². The molecule has 0 spiro atoms. The molecule has 0 aliphatic carbocycles. The minimum atomic E-state index is -0.462. The van der Waals surface area contributed by atoms with Crippen molar-refractivity contribution in [3.8, 4) is 5.75 Å². The summed E-state index contributed by atoms with van der Waals surface area (Å²) in [5.41, 5.74) is 1.92. The smallest absolute Gasteiger partial charge is 0.341 e. The summed E-state index contributed by atoms with van der Waals surface area (Å²) in [6, 6.07) is 12.8. The van der Waals surface area contributed by atoms with Crippen molar-refractivity contribution < 1.29 is 19.1 Å². The van der Waals surface area contributed by atoms with Gasteiger partial charge in [-0.2, -0.15) is 0 Å². The predicted molar refractivity (Wildman–Crippen MR) is 125 cm³/mol. The Morgan fingerprint density at radius 2 is 1.74 bits per heavy atom. The van der Waals surface area contributed by atoms with E-state index in [9.17, 15) is 9.59 Å². The molecule has 0 fully saturated rings. The molecule has 0 atom stereocenters. The zero-order valence-electron chi connectivity index (χ0n) is 18.4. The molecule has 1 amide bonds. The lowest BCUT2D eigenvalue weighted by atomic mass is 10.1. The summed E-state index contributed by atoms with van der Waals surface area (Å²) in [6.07, 6.45) is 0. The van der Waals surface area contributed by atoms with Crippen molar-refractivity contribution >= 4 is 38.3 Å². The molecule has 2 aromatic carbocycles. The van der Waals surface area contributed by atoms with Gasteiger partial charge in [-0.15, -0.1) is 11.3 Å². The fourth-order valence-corrected chi connectivity index (χ4v) is 4.70. The first-order chi connectivity index (χ1) is 15.0. The van der Waals surface area contributed by atoms with Crippen LogP contribution in [0.25, 0.3) is 10.1 Å². The van der Waals surface area contributed by atoms with Crippen molar-refractivity contribution in [3.63, 3.8) is 0 Å². The molecule has 0 radical (unpaired) electrons. The molecule has 0 unspecified atom stereocenters. The van der Waals surface area contributed by atoms with E-state index < -0.39 is 5.97 Å². The molecule has 0 aliphatic heterocycles. The van der Waals surface area contributed by atoms with Gasteiger partial charge in [-0.3, -0.25) is 9.69 Å². The Bertz CT molecular complexity index is 1060. The van der Waals surface area contributed by atoms with Gasteiger partial charge >= 0.3 is 5.97 Å². The summed E-state index contributed by atoms with van der Waals surface area (Å²) in [4.78, 5) is 27.9. The fourth-order valence-electron chi connectivity index (χ4n) is 3.47. The topological polar surface area (TPSA) is 67.9 Å². The molecular weight excluding hydrogens is 412 g/mol. The Morgan fingerprint density at radius 1 is 1.03 bits per heavy atom. The number of rotatable bonds is 9. The van der Waals surface area contributed by atoms with Crippen LogP contribution in [-0.2, 0) is 11.3 Å². The van der Waals surface area contributed by atoms with E-state index in [0.29, 0.717) is 21.5 Å². The van der Waals surface area contributed by atoms with E-state index in [1.165, 1.54) is 11.3 Å². The minimum Gasteiger partial charge on any atom is -0.495 e. The normalized spacial score (nSPS) is 11.0. The van der Waals surface area contributed by atoms with Gasteiger partial charge in [-0.05, 0) is 32.1 Å². The average Bonchev–Trinajstić information content (AvgIpc) is 3.15. The molecule has 3 aromatic rings. The lowest BCUT2D eigenvalue weighted by Crippen LogP contribution is -2.22. The van der Waals surface area contributed by atoms with Crippen LogP contribution >= 0.6 is 11.3 Å². The average molecular weight is 441 g/mol. The summed E-state index contributed by atoms with van der Waals surface area (Å²) in [6.45, 7) is 8.84. The van der Waals surface area contributed by atoms with Gasteiger partial charge in [0.25, 0.3) is 5.91 Å². The van der Waals surface area contributed by atoms with Crippen LogP contribution in [0.5, 0.6) is 5.75 Å². The van der Waals surface area contributed by atoms with E-state index in [2.05, 4.69) is 24.1 Å². The summed E-state index contributed by atoms with van der Waals surface area (Å²) in [5, 5.41) is 4.08. The number of methoxy groups -OCH3 is 1. The maximum Gasteiger partial charge on any atom is 0.341 e. The minimum absolute atomic E-state index is 0.249. The lowest BCUT2D eigenvalue weighted by Gasteiger charge is -2.20. The summed E-state index contributed by atoms with van der Waals surface area (Å²) < 4.78 is 11.9. The van der Waals surface area contributed by atoms with Gasteiger partial charge in [-0.1, -0.05) is 44.2 Å². The van der Waals surface area contributed by atoms with Crippen LogP contribution in [-0.4, -0.2) is 43.6 Å². The zero-order chi connectivity index (χ0) is 22.4. The van der Waals surface area contributed by atoms with Crippen molar-refractivity contribution in [2.45, 2.75) is 27.3 Å². The highest BCUT2D eigenvalue weighted by atomic mass is 32.1. The van der Waals surface area contributed by atoms with E-state index in [1.807, 2.05) is 18.2 Å². The van der Waals surface area contributed by atoms with E-state index in [4.69, 9.17) is 9.47 Å². The molecule has 0 saturated heterocycles. The number of thiophene rings is 1. The van der Waals surface area contributed by atoms with Crippen molar-refractivity contribution in [1.82, 2.24) is 4.90 Å². The largest absolute Gasteiger partial charge is 0.495 e. The van der Waals surface area contributed by atoms with Crippen LogP contribution in [0.2, 0.25) is 0 Å². The molecule has 1 N–H and O–H groups in total. The Morgan fingerprint density at radius 3 is 2.35 bits per heavy atom. The van der Waals surface area contributed by atoms with Crippen LogP contribution in [0, 0.1) is 0 Å². The second-order valence-electron chi connectivity index (χ2n) is 6.94. The van der Waals surface area contributed by atoms with Gasteiger partial charge in [0.15, 0.2) is 0 Å². The third-order valence-electron chi connectivity index (χ3n) is 5.13. The van der Waals surface area contributed by atoms with Gasteiger partial charge in [-0.25, -0.2) is 4.79 Å². The van der Waals surface area contributed by atoms with E-state index in [1.54, 1.807) is 38.3 Å². The SMILES string of the molecule is CCOC(=O)c1c(NC(=O)c2ccccc2)sc2c(OC)c(CN(CC)CC)ccc12. The number of benzene rings is 2. The van der Waals surface area contributed by atoms with Gasteiger partial charge in [0.2, 0.25) is 0 Å². The molecule has 7 heteroatoms. The number of amides is 1. The summed E-state index contributed by atoms with van der Waals surface area (Å²) in [7, 11) is 1.63. The number of nitrogens with zero attached hydrogens (tertiary/aromatic N) is 1. The van der Waals surface area contributed by atoms with Gasteiger partial charge in [0.1, 0.15) is 16.3 Å². The Balaban J connectivity index is 2.10.